The van der Waals surface area contributed by atoms with Crippen LogP contribution in [0.2, 0.25) is 0 Å². The zero-order valence-electron chi connectivity index (χ0n) is 31.9. The largest absolute Gasteiger partial charge is 0.491 e. The van der Waals surface area contributed by atoms with E-state index in [0.29, 0.717) is 119 Å². The van der Waals surface area contributed by atoms with E-state index < -0.39 is 5.97 Å². The molecule has 0 saturated heterocycles. The Balaban J connectivity index is 1.71. The minimum absolute atomic E-state index is 0.0617. The fourth-order valence-electron chi connectivity index (χ4n) is 4.73. The number of aryl methyl sites for hydroxylation is 1. The second-order valence-electron chi connectivity index (χ2n) is 12.1. The van der Waals surface area contributed by atoms with Crippen LogP contribution in [-0.4, -0.2) is 136 Å². The van der Waals surface area contributed by atoms with Gasteiger partial charge >= 0.3 is 11.9 Å². The number of benzene rings is 1. The fraction of sp³-hybridized carbons (Fsp3) is 0.795. The van der Waals surface area contributed by atoms with Crippen molar-refractivity contribution in [1.29, 1.82) is 0 Å². The first-order chi connectivity index (χ1) is 25.6. The number of ether oxygens (including phenoxy) is 10. The van der Waals surface area contributed by atoms with Gasteiger partial charge in [-0.15, -0.1) is 0 Å². The summed E-state index contributed by atoms with van der Waals surface area (Å²) in [5.41, 5.74) is 1.37. The van der Waals surface area contributed by atoms with Crippen LogP contribution in [0.5, 0.6) is 5.75 Å². The summed E-state index contributed by atoms with van der Waals surface area (Å²) in [4.78, 5) is 21.9. The number of rotatable bonds is 41. The van der Waals surface area contributed by atoms with Crippen molar-refractivity contribution in [2.24, 2.45) is 0 Å². The maximum Gasteiger partial charge on any atom is 0.305 e. The monoisotopic (exact) mass is 744 g/mol. The predicted octanol–water partition coefficient (Wildman–Crippen LogP) is 5.68. The first kappa shape index (κ1) is 47.7. The molecule has 1 aromatic carbocycles. The van der Waals surface area contributed by atoms with Crippen molar-refractivity contribution in [2.75, 3.05) is 119 Å². The average Bonchev–Trinajstić information content (AvgIpc) is 3.14. The summed E-state index contributed by atoms with van der Waals surface area (Å²) in [6.45, 7) is 10.4. The number of carbonyl (C=O) groups excluding carboxylic acids is 1. The first-order valence-corrected chi connectivity index (χ1v) is 19.3. The SMILES string of the molecule is CCCCCCCCCc1ccc(OCCOCCOCCOCCOCCOCCOCCOCCOCCOC(=O)CCCCC(=O)O)cc1. The van der Waals surface area contributed by atoms with E-state index in [1.165, 1.54) is 50.5 Å². The molecule has 13 nitrogen and oxygen atoms in total. The van der Waals surface area contributed by atoms with Gasteiger partial charge in [0.05, 0.1) is 106 Å². The highest BCUT2D eigenvalue weighted by Crippen LogP contribution is 2.15. The Morgan fingerprint density at radius 2 is 0.846 bits per heavy atom. The van der Waals surface area contributed by atoms with Gasteiger partial charge in [-0.1, -0.05) is 57.6 Å². The number of carboxylic acids is 1. The molecule has 0 aliphatic carbocycles. The summed E-state index contributed by atoms with van der Waals surface area (Å²) >= 11 is 0. The molecular formula is C39H68O13. The van der Waals surface area contributed by atoms with Crippen LogP contribution in [0.1, 0.15) is 83.1 Å². The molecule has 0 fully saturated rings. The van der Waals surface area contributed by atoms with Gasteiger partial charge in [0, 0.05) is 12.8 Å². The summed E-state index contributed by atoms with van der Waals surface area (Å²) in [7, 11) is 0. The molecule has 1 aromatic rings. The second kappa shape index (κ2) is 38.4. The number of unbranched alkanes of at least 4 members (excludes halogenated alkanes) is 7. The third-order valence-electron chi connectivity index (χ3n) is 7.61. The van der Waals surface area contributed by atoms with Gasteiger partial charge in [-0.2, -0.15) is 0 Å². The van der Waals surface area contributed by atoms with Gasteiger partial charge in [0.25, 0.3) is 0 Å². The van der Waals surface area contributed by atoms with Crippen LogP contribution < -0.4 is 4.74 Å². The first-order valence-electron chi connectivity index (χ1n) is 19.3. The van der Waals surface area contributed by atoms with Crippen molar-refractivity contribution >= 4 is 11.9 Å². The Kier molecular flexibility index (Phi) is 35.2. The molecule has 0 bridgehead atoms. The van der Waals surface area contributed by atoms with Crippen LogP contribution in [0.25, 0.3) is 0 Å². The molecule has 1 rings (SSSR count). The molecule has 0 aliphatic rings. The molecule has 0 heterocycles. The number of carbonyl (C=O) groups is 2. The number of aliphatic carboxylic acids is 1. The molecule has 0 spiro atoms. The Bertz CT molecular complexity index is 916. The van der Waals surface area contributed by atoms with E-state index in [-0.39, 0.29) is 32.0 Å². The summed E-state index contributed by atoms with van der Waals surface area (Å²) in [5, 5.41) is 8.56. The normalized spacial score (nSPS) is 11.2. The van der Waals surface area contributed by atoms with Crippen LogP contribution in [0.4, 0.5) is 0 Å². The number of hydrogen-bond donors (Lipinski definition) is 1. The van der Waals surface area contributed by atoms with Crippen LogP contribution in [0.3, 0.4) is 0 Å². The van der Waals surface area contributed by atoms with E-state index in [1.54, 1.807) is 0 Å². The van der Waals surface area contributed by atoms with Gasteiger partial charge in [-0.3, -0.25) is 9.59 Å². The fourth-order valence-corrected chi connectivity index (χ4v) is 4.73. The minimum Gasteiger partial charge on any atom is -0.491 e. The van der Waals surface area contributed by atoms with Gasteiger partial charge < -0.3 is 52.5 Å². The lowest BCUT2D eigenvalue weighted by Crippen LogP contribution is -2.15. The van der Waals surface area contributed by atoms with Gasteiger partial charge in [0.1, 0.15) is 19.0 Å². The molecule has 0 amide bonds. The van der Waals surface area contributed by atoms with Crippen LogP contribution >= 0.6 is 0 Å². The molecule has 0 saturated carbocycles. The average molecular weight is 745 g/mol. The van der Waals surface area contributed by atoms with E-state index >= 15 is 0 Å². The van der Waals surface area contributed by atoms with E-state index in [1.807, 2.05) is 12.1 Å². The van der Waals surface area contributed by atoms with Crippen molar-refractivity contribution in [3.63, 3.8) is 0 Å². The van der Waals surface area contributed by atoms with Crippen molar-refractivity contribution in [2.45, 2.75) is 84.0 Å². The van der Waals surface area contributed by atoms with Crippen LogP contribution in [0.15, 0.2) is 24.3 Å². The third-order valence-corrected chi connectivity index (χ3v) is 7.61. The van der Waals surface area contributed by atoms with Crippen molar-refractivity contribution < 1.29 is 62.1 Å². The molecule has 1 N–H and O–H groups in total. The quantitative estimate of drug-likeness (QED) is 0.0649. The highest BCUT2D eigenvalue weighted by Gasteiger charge is 2.04. The molecule has 0 radical (unpaired) electrons. The molecule has 13 heteroatoms. The molecule has 0 aliphatic heterocycles. The van der Waals surface area contributed by atoms with Gasteiger partial charge in [-0.25, -0.2) is 0 Å². The molecule has 0 aromatic heterocycles. The molecule has 0 atom stereocenters. The number of hydrogen-bond acceptors (Lipinski definition) is 12. The van der Waals surface area contributed by atoms with Crippen molar-refractivity contribution in [3.8, 4) is 5.75 Å². The zero-order valence-corrected chi connectivity index (χ0v) is 31.9. The Morgan fingerprint density at radius 3 is 1.29 bits per heavy atom. The maximum absolute atomic E-state index is 11.5. The summed E-state index contributed by atoms with van der Waals surface area (Å²) in [6, 6.07) is 8.42. The Labute approximate surface area is 312 Å². The van der Waals surface area contributed by atoms with Crippen LogP contribution in [0, 0.1) is 0 Å². The van der Waals surface area contributed by atoms with E-state index in [2.05, 4.69) is 19.1 Å². The molecule has 52 heavy (non-hydrogen) atoms. The second-order valence-corrected chi connectivity index (χ2v) is 12.1. The van der Waals surface area contributed by atoms with E-state index in [9.17, 15) is 9.59 Å². The Morgan fingerprint density at radius 1 is 0.462 bits per heavy atom. The van der Waals surface area contributed by atoms with Gasteiger partial charge in [0.2, 0.25) is 0 Å². The summed E-state index contributed by atoms with van der Waals surface area (Å²) in [5.74, 6) is -0.327. The number of esters is 1. The summed E-state index contributed by atoms with van der Waals surface area (Å²) < 4.78 is 54.6. The van der Waals surface area contributed by atoms with E-state index in [0.717, 1.165) is 12.2 Å². The standard InChI is InChI=1S/C39H68O13/c1-2-3-4-5-6-7-8-11-36-14-16-37(17-15-36)51-34-32-49-30-28-47-26-24-45-22-20-43-18-19-44-21-23-46-25-27-48-29-31-50-33-35-52-39(42)13-10-9-12-38(40)41/h14-17H,2-13,18-35H2,1H3,(H,40,41). The van der Waals surface area contributed by atoms with Gasteiger partial charge in [-0.05, 0) is 43.4 Å². The summed E-state index contributed by atoms with van der Waals surface area (Å²) in [6.07, 6.45) is 11.7. The lowest BCUT2D eigenvalue weighted by atomic mass is 10.0. The van der Waals surface area contributed by atoms with E-state index in [4.69, 9.17) is 52.5 Å². The Hall–Kier alpha value is -2.36. The lowest BCUT2D eigenvalue weighted by molar-refractivity contribution is -0.146. The molecule has 0 unspecified atom stereocenters. The smallest absolute Gasteiger partial charge is 0.305 e. The van der Waals surface area contributed by atoms with Crippen LogP contribution in [-0.2, 0) is 58.6 Å². The maximum atomic E-state index is 11.5. The highest BCUT2D eigenvalue weighted by molar-refractivity contribution is 5.69. The van der Waals surface area contributed by atoms with Crippen molar-refractivity contribution in [1.82, 2.24) is 0 Å². The molecule has 302 valence electrons. The molecular weight excluding hydrogens is 676 g/mol. The van der Waals surface area contributed by atoms with Crippen molar-refractivity contribution in [3.05, 3.63) is 29.8 Å². The third kappa shape index (κ3) is 34.7. The lowest BCUT2D eigenvalue weighted by Gasteiger charge is -2.09. The number of carboxylic acid groups (broad SMARTS) is 1. The zero-order chi connectivity index (χ0) is 37.4. The highest BCUT2D eigenvalue weighted by atomic mass is 16.6. The minimum atomic E-state index is -0.861. The van der Waals surface area contributed by atoms with Gasteiger partial charge in [0.15, 0.2) is 0 Å². The predicted molar refractivity (Wildman–Crippen MR) is 197 cm³/mol. The topological polar surface area (TPSA) is 147 Å².